The van der Waals surface area contributed by atoms with Gasteiger partial charge in [0.05, 0.1) is 13.8 Å². The van der Waals surface area contributed by atoms with E-state index in [1.54, 1.807) is 11.9 Å². The Morgan fingerprint density at radius 3 is 2.33 bits per heavy atom. The highest BCUT2D eigenvalue weighted by atomic mass is 79.9. The first-order valence-electron chi connectivity index (χ1n) is 6.10. The van der Waals surface area contributed by atoms with Crippen molar-refractivity contribution in [3.8, 4) is 5.75 Å². The summed E-state index contributed by atoms with van der Waals surface area (Å²) in [6, 6.07) is 2.99. The van der Waals surface area contributed by atoms with Crippen LogP contribution in [-0.2, 0) is 14.8 Å². The van der Waals surface area contributed by atoms with Gasteiger partial charge in [-0.05, 0) is 56.8 Å². The minimum absolute atomic E-state index is 0.0463. The normalized spacial score (nSPS) is 14.9. The smallest absolute Gasteiger partial charge is 0.260 e. The Hall–Kier alpha value is -0.640. The number of benzene rings is 1. The van der Waals surface area contributed by atoms with Crippen LogP contribution in [0.4, 0.5) is 0 Å². The van der Waals surface area contributed by atoms with E-state index < -0.39 is 10.0 Å². The fourth-order valence-corrected chi connectivity index (χ4v) is 4.02. The van der Waals surface area contributed by atoms with Crippen LogP contribution in [0.15, 0.2) is 26.0 Å². The first-order chi connectivity index (χ1) is 9.70. The Balaban J connectivity index is 2.11. The summed E-state index contributed by atoms with van der Waals surface area (Å²) >= 11 is 6.44. The Morgan fingerprint density at radius 2 is 1.90 bits per heavy atom. The van der Waals surface area contributed by atoms with Crippen LogP contribution in [0.25, 0.3) is 0 Å². The summed E-state index contributed by atoms with van der Waals surface area (Å²) in [5, 5.41) is 5.08. The summed E-state index contributed by atoms with van der Waals surface area (Å²) in [5.74, 6) is 0.242. The highest BCUT2D eigenvalue weighted by Gasteiger charge is 2.29. The van der Waals surface area contributed by atoms with Gasteiger partial charge >= 0.3 is 0 Å². The molecule has 1 saturated carbocycles. The highest BCUT2D eigenvalue weighted by molar-refractivity contribution is 9.11. The molecule has 6 nitrogen and oxygen atoms in total. The van der Waals surface area contributed by atoms with Gasteiger partial charge in [0.15, 0.2) is 6.61 Å². The molecule has 0 spiro atoms. The number of halogens is 2. The number of likely N-dealkylation sites (N-methyl/N-ethyl adjacent to an activating group) is 1. The molecule has 2 rings (SSSR count). The second-order valence-corrected chi connectivity index (χ2v) is 8.06. The first-order valence-corrected chi connectivity index (χ1v) is 9.23. The van der Waals surface area contributed by atoms with Crippen molar-refractivity contribution in [2.24, 2.45) is 5.14 Å². The summed E-state index contributed by atoms with van der Waals surface area (Å²) < 4.78 is 28.9. The van der Waals surface area contributed by atoms with E-state index in [1.165, 1.54) is 12.1 Å². The van der Waals surface area contributed by atoms with E-state index in [1.807, 2.05) is 0 Å². The minimum atomic E-state index is -3.80. The quantitative estimate of drug-likeness (QED) is 0.754. The first kappa shape index (κ1) is 16.7. The number of hydrogen-bond donors (Lipinski definition) is 1. The van der Waals surface area contributed by atoms with Crippen molar-refractivity contribution in [1.82, 2.24) is 4.90 Å². The SMILES string of the molecule is CN(C(=O)COc1c(Br)cc(S(N)(=O)=O)cc1Br)C1CC1. The van der Waals surface area contributed by atoms with Crippen molar-refractivity contribution in [3.63, 3.8) is 0 Å². The molecule has 1 amide bonds. The van der Waals surface area contributed by atoms with E-state index >= 15 is 0 Å². The van der Waals surface area contributed by atoms with Crippen LogP contribution < -0.4 is 9.88 Å². The molecule has 0 aromatic heterocycles. The molecule has 1 aromatic rings. The molecule has 0 saturated heterocycles. The molecule has 1 fully saturated rings. The molecule has 2 N–H and O–H groups in total. The molecular weight excluding hydrogens is 428 g/mol. The molecule has 0 aliphatic heterocycles. The van der Waals surface area contributed by atoms with E-state index in [9.17, 15) is 13.2 Å². The Kier molecular flexibility index (Phi) is 4.96. The van der Waals surface area contributed by atoms with Crippen LogP contribution in [0.1, 0.15) is 12.8 Å². The van der Waals surface area contributed by atoms with Crippen LogP contribution >= 0.6 is 31.9 Å². The molecule has 0 heterocycles. The van der Waals surface area contributed by atoms with Gasteiger partial charge in [-0.3, -0.25) is 4.79 Å². The number of amides is 1. The molecule has 0 atom stereocenters. The molecule has 0 unspecified atom stereocenters. The van der Waals surface area contributed by atoms with Gasteiger partial charge in [0.25, 0.3) is 5.91 Å². The largest absolute Gasteiger partial charge is 0.481 e. The maximum absolute atomic E-state index is 11.9. The van der Waals surface area contributed by atoms with Crippen molar-refractivity contribution in [2.75, 3.05) is 13.7 Å². The topological polar surface area (TPSA) is 89.7 Å². The standard InChI is InChI=1S/C12H14Br2N2O4S/c1-16(7-2-3-7)11(17)6-20-12-9(13)4-8(5-10(12)14)21(15,18)19/h4-5,7H,2-3,6H2,1H3,(H2,15,18,19). The maximum Gasteiger partial charge on any atom is 0.260 e. The number of carbonyl (C=O) groups excluding carboxylic acids is 1. The Morgan fingerprint density at radius 1 is 1.38 bits per heavy atom. The zero-order chi connectivity index (χ0) is 15.8. The van der Waals surface area contributed by atoms with E-state index in [2.05, 4.69) is 31.9 Å². The highest BCUT2D eigenvalue weighted by Crippen LogP contribution is 2.36. The lowest BCUT2D eigenvalue weighted by atomic mass is 10.3. The number of nitrogens with zero attached hydrogens (tertiary/aromatic N) is 1. The molecule has 9 heteroatoms. The summed E-state index contributed by atoms with van der Waals surface area (Å²) in [6.45, 7) is -0.112. The number of nitrogens with two attached hydrogens (primary N) is 1. The average molecular weight is 442 g/mol. The third kappa shape index (κ3) is 4.18. The molecular formula is C12H14Br2N2O4S. The van der Waals surface area contributed by atoms with Crippen molar-refractivity contribution in [1.29, 1.82) is 0 Å². The molecule has 0 bridgehead atoms. The van der Waals surface area contributed by atoms with Crippen molar-refractivity contribution >= 4 is 47.8 Å². The van der Waals surface area contributed by atoms with Gasteiger partial charge in [-0.25, -0.2) is 13.6 Å². The lowest BCUT2D eigenvalue weighted by Gasteiger charge is -2.17. The fraction of sp³-hybridized carbons (Fsp3) is 0.417. The van der Waals surface area contributed by atoms with E-state index in [0.29, 0.717) is 20.7 Å². The summed E-state index contributed by atoms with van der Waals surface area (Å²) in [7, 11) is -2.06. The van der Waals surface area contributed by atoms with Gasteiger partial charge in [-0.2, -0.15) is 0 Å². The number of primary sulfonamides is 1. The Labute approximate surface area is 139 Å². The number of hydrogen-bond acceptors (Lipinski definition) is 4. The summed E-state index contributed by atoms with van der Waals surface area (Å²) in [6.07, 6.45) is 2.05. The number of carbonyl (C=O) groups is 1. The monoisotopic (exact) mass is 440 g/mol. The lowest BCUT2D eigenvalue weighted by Crippen LogP contribution is -2.33. The lowest BCUT2D eigenvalue weighted by molar-refractivity contribution is -0.132. The van der Waals surface area contributed by atoms with E-state index in [-0.39, 0.29) is 17.4 Å². The zero-order valence-electron chi connectivity index (χ0n) is 11.2. The predicted molar refractivity (Wildman–Crippen MR) is 84.5 cm³/mol. The molecule has 1 aliphatic carbocycles. The fourth-order valence-electron chi connectivity index (χ4n) is 1.74. The third-order valence-electron chi connectivity index (χ3n) is 3.13. The van der Waals surface area contributed by atoms with E-state index in [0.717, 1.165) is 12.8 Å². The van der Waals surface area contributed by atoms with E-state index in [4.69, 9.17) is 9.88 Å². The molecule has 116 valence electrons. The number of ether oxygens (including phenoxy) is 1. The summed E-state index contributed by atoms with van der Waals surface area (Å²) in [4.78, 5) is 13.5. The van der Waals surface area contributed by atoms with Crippen LogP contribution in [0, 0.1) is 0 Å². The third-order valence-corrected chi connectivity index (χ3v) is 5.20. The van der Waals surface area contributed by atoms with Crippen LogP contribution in [-0.4, -0.2) is 38.9 Å². The van der Waals surface area contributed by atoms with Crippen molar-refractivity contribution in [3.05, 3.63) is 21.1 Å². The van der Waals surface area contributed by atoms with Gasteiger partial charge in [0, 0.05) is 13.1 Å². The Bertz CT molecular complexity index is 651. The minimum Gasteiger partial charge on any atom is -0.481 e. The second-order valence-electron chi connectivity index (χ2n) is 4.79. The van der Waals surface area contributed by atoms with Gasteiger partial charge in [0.2, 0.25) is 10.0 Å². The average Bonchev–Trinajstić information content (AvgIpc) is 3.19. The predicted octanol–water partition coefficient (Wildman–Crippen LogP) is 1.86. The molecule has 1 aliphatic rings. The number of sulfonamides is 1. The van der Waals surface area contributed by atoms with Crippen LogP contribution in [0.5, 0.6) is 5.75 Å². The zero-order valence-corrected chi connectivity index (χ0v) is 15.2. The van der Waals surface area contributed by atoms with Crippen molar-refractivity contribution in [2.45, 2.75) is 23.8 Å². The van der Waals surface area contributed by atoms with Crippen LogP contribution in [0.3, 0.4) is 0 Å². The van der Waals surface area contributed by atoms with Gasteiger partial charge < -0.3 is 9.64 Å². The summed E-state index contributed by atoms with van der Waals surface area (Å²) in [5.41, 5.74) is 0. The maximum atomic E-state index is 11.9. The number of rotatable bonds is 5. The van der Waals surface area contributed by atoms with Gasteiger partial charge in [0.1, 0.15) is 5.75 Å². The van der Waals surface area contributed by atoms with Crippen molar-refractivity contribution < 1.29 is 17.9 Å². The molecule has 21 heavy (non-hydrogen) atoms. The second kappa shape index (κ2) is 6.23. The van der Waals surface area contributed by atoms with Gasteiger partial charge in [-0.15, -0.1) is 0 Å². The van der Waals surface area contributed by atoms with Crippen LogP contribution in [0.2, 0.25) is 0 Å². The van der Waals surface area contributed by atoms with Gasteiger partial charge in [-0.1, -0.05) is 0 Å². The molecule has 1 aromatic carbocycles. The molecule has 0 radical (unpaired) electrons.